The highest BCUT2D eigenvalue weighted by Gasteiger charge is 2.39. The van der Waals surface area contributed by atoms with E-state index in [1.165, 1.54) is 0 Å². The molecule has 0 aliphatic carbocycles. The Morgan fingerprint density at radius 3 is 2.68 bits per heavy atom. The molecule has 2 N–H and O–H groups in total. The minimum Gasteiger partial charge on any atom is -0.325 e. The first kappa shape index (κ1) is 16.9. The number of hydrogen-bond acceptors (Lipinski definition) is 4. The van der Waals surface area contributed by atoms with Crippen LogP contribution in [-0.4, -0.2) is 33.8 Å². The number of benzene rings is 1. The number of carbonyl (C=O) groups excluding carboxylic acids is 3. The molecule has 0 saturated carbocycles. The van der Waals surface area contributed by atoms with Crippen molar-refractivity contribution in [3.05, 3.63) is 59.2 Å². The van der Waals surface area contributed by atoms with Crippen molar-refractivity contribution in [2.75, 3.05) is 5.32 Å². The second kappa shape index (κ2) is 7.31. The first-order valence-electron chi connectivity index (χ1n) is 7.61. The molecule has 1 fully saturated rings. The van der Waals surface area contributed by atoms with Crippen molar-refractivity contribution in [3.8, 4) is 0 Å². The molecule has 1 aromatic heterocycles. The highest BCUT2D eigenvalue weighted by atomic mass is 35.5. The van der Waals surface area contributed by atoms with Crippen LogP contribution in [0, 0.1) is 0 Å². The van der Waals surface area contributed by atoms with Gasteiger partial charge in [-0.15, -0.1) is 0 Å². The van der Waals surface area contributed by atoms with Crippen LogP contribution in [0.1, 0.15) is 12.0 Å². The molecule has 1 aliphatic heterocycles. The molecular weight excluding hydrogens is 344 g/mol. The average Bonchev–Trinajstić information content (AvgIpc) is 2.85. The Hall–Kier alpha value is -2.93. The molecule has 4 amide bonds. The van der Waals surface area contributed by atoms with Gasteiger partial charge in [0.1, 0.15) is 11.9 Å². The number of halogens is 1. The summed E-state index contributed by atoms with van der Waals surface area (Å²) in [6, 6.07) is 10.6. The maximum absolute atomic E-state index is 12.4. The summed E-state index contributed by atoms with van der Waals surface area (Å²) in [6.45, 7) is 0.0582. The van der Waals surface area contributed by atoms with Crippen molar-refractivity contribution in [3.63, 3.8) is 0 Å². The third-order valence-electron chi connectivity index (χ3n) is 3.72. The van der Waals surface area contributed by atoms with E-state index in [0.29, 0.717) is 16.4 Å². The van der Waals surface area contributed by atoms with Gasteiger partial charge in [-0.2, -0.15) is 0 Å². The number of pyridine rings is 1. The number of rotatable bonds is 5. The number of imide groups is 1. The topological polar surface area (TPSA) is 91.4 Å². The molecule has 25 heavy (non-hydrogen) atoms. The minimum absolute atomic E-state index is 0.0582. The van der Waals surface area contributed by atoms with Gasteiger partial charge in [0.2, 0.25) is 5.91 Å². The predicted molar refractivity (Wildman–Crippen MR) is 91.8 cm³/mol. The Morgan fingerprint density at radius 2 is 1.96 bits per heavy atom. The Balaban J connectivity index is 1.63. The normalized spacial score (nSPS) is 16.7. The average molecular weight is 359 g/mol. The van der Waals surface area contributed by atoms with E-state index in [0.717, 1.165) is 4.90 Å². The molecule has 2 heterocycles. The Bertz CT molecular complexity index is 813. The minimum atomic E-state index is -0.904. The van der Waals surface area contributed by atoms with Gasteiger partial charge < -0.3 is 10.6 Å². The van der Waals surface area contributed by atoms with Crippen molar-refractivity contribution < 1.29 is 14.4 Å². The van der Waals surface area contributed by atoms with Gasteiger partial charge in [0.05, 0.1) is 13.0 Å². The van der Waals surface area contributed by atoms with Crippen molar-refractivity contribution in [2.24, 2.45) is 0 Å². The number of urea groups is 1. The number of anilines is 1. The SMILES string of the molecule is O=C(CC1NC(=O)N(Cc2ccccc2Cl)C1=O)Nc1ccccn1. The summed E-state index contributed by atoms with van der Waals surface area (Å²) >= 11 is 6.07. The lowest BCUT2D eigenvalue weighted by Gasteiger charge is -2.14. The molecule has 1 aromatic carbocycles. The molecule has 7 nitrogen and oxygen atoms in total. The zero-order valence-electron chi connectivity index (χ0n) is 13.1. The summed E-state index contributed by atoms with van der Waals surface area (Å²) in [7, 11) is 0. The van der Waals surface area contributed by atoms with Gasteiger partial charge in [-0.1, -0.05) is 35.9 Å². The molecule has 0 radical (unpaired) electrons. The van der Waals surface area contributed by atoms with E-state index < -0.39 is 23.9 Å². The molecule has 1 aliphatic rings. The lowest BCUT2D eigenvalue weighted by Crippen LogP contribution is -2.34. The van der Waals surface area contributed by atoms with E-state index in [1.54, 1.807) is 48.7 Å². The van der Waals surface area contributed by atoms with Gasteiger partial charge in [-0.05, 0) is 23.8 Å². The van der Waals surface area contributed by atoms with Gasteiger partial charge in [-0.3, -0.25) is 14.5 Å². The van der Waals surface area contributed by atoms with E-state index in [2.05, 4.69) is 15.6 Å². The van der Waals surface area contributed by atoms with Crippen LogP contribution in [-0.2, 0) is 16.1 Å². The van der Waals surface area contributed by atoms with E-state index >= 15 is 0 Å². The molecule has 8 heteroatoms. The summed E-state index contributed by atoms with van der Waals surface area (Å²) in [4.78, 5) is 41.6. The van der Waals surface area contributed by atoms with Crippen molar-refractivity contribution in [1.29, 1.82) is 0 Å². The third-order valence-corrected chi connectivity index (χ3v) is 4.08. The lowest BCUT2D eigenvalue weighted by atomic mass is 10.1. The van der Waals surface area contributed by atoms with E-state index in [-0.39, 0.29) is 13.0 Å². The summed E-state index contributed by atoms with van der Waals surface area (Å²) in [5, 5.41) is 5.58. The maximum atomic E-state index is 12.4. The molecule has 128 valence electrons. The fourth-order valence-corrected chi connectivity index (χ4v) is 2.67. The second-order valence-electron chi connectivity index (χ2n) is 5.49. The highest BCUT2D eigenvalue weighted by molar-refractivity contribution is 6.31. The highest BCUT2D eigenvalue weighted by Crippen LogP contribution is 2.20. The number of nitrogens with zero attached hydrogens (tertiary/aromatic N) is 2. The van der Waals surface area contributed by atoms with Crippen LogP contribution in [0.3, 0.4) is 0 Å². The Morgan fingerprint density at radius 1 is 1.20 bits per heavy atom. The van der Waals surface area contributed by atoms with Crippen LogP contribution in [0.5, 0.6) is 0 Å². The Labute approximate surface area is 149 Å². The molecule has 3 rings (SSSR count). The fraction of sp³-hybridized carbons (Fsp3) is 0.176. The van der Waals surface area contributed by atoms with Crippen molar-refractivity contribution in [2.45, 2.75) is 19.0 Å². The van der Waals surface area contributed by atoms with E-state index in [9.17, 15) is 14.4 Å². The summed E-state index contributed by atoms with van der Waals surface area (Å²) in [5.74, 6) is -0.477. The second-order valence-corrected chi connectivity index (χ2v) is 5.89. The molecule has 0 bridgehead atoms. The summed E-state index contributed by atoms with van der Waals surface area (Å²) < 4.78 is 0. The smallest absolute Gasteiger partial charge is 0.325 e. The van der Waals surface area contributed by atoms with Crippen LogP contribution in [0.15, 0.2) is 48.7 Å². The quantitative estimate of drug-likeness (QED) is 0.801. The molecule has 1 unspecified atom stereocenters. The van der Waals surface area contributed by atoms with E-state index in [4.69, 9.17) is 11.6 Å². The van der Waals surface area contributed by atoms with Gasteiger partial charge in [0.25, 0.3) is 5.91 Å². The largest absolute Gasteiger partial charge is 0.325 e. The zero-order valence-corrected chi connectivity index (χ0v) is 13.9. The molecular formula is C17H15ClN4O3. The van der Waals surface area contributed by atoms with E-state index in [1.807, 2.05) is 0 Å². The summed E-state index contributed by atoms with van der Waals surface area (Å²) in [5.41, 5.74) is 0.659. The lowest BCUT2D eigenvalue weighted by molar-refractivity contribution is -0.130. The predicted octanol–water partition coefficient (Wildman–Crippen LogP) is 2.18. The van der Waals surface area contributed by atoms with Crippen LogP contribution >= 0.6 is 11.6 Å². The van der Waals surface area contributed by atoms with Gasteiger partial charge >= 0.3 is 6.03 Å². The van der Waals surface area contributed by atoms with Gasteiger partial charge in [0, 0.05) is 11.2 Å². The van der Waals surface area contributed by atoms with Crippen molar-refractivity contribution >= 4 is 35.3 Å². The monoisotopic (exact) mass is 358 g/mol. The number of carbonyl (C=O) groups is 3. The molecule has 0 spiro atoms. The van der Waals surface area contributed by atoms with Crippen LogP contribution in [0.2, 0.25) is 5.02 Å². The van der Waals surface area contributed by atoms with Crippen LogP contribution in [0.4, 0.5) is 10.6 Å². The molecule has 2 aromatic rings. The van der Waals surface area contributed by atoms with Crippen LogP contribution < -0.4 is 10.6 Å². The molecule has 1 atom stereocenters. The first-order valence-corrected chi connectivity index (χ1v) is 7.98. The van der Waals surface area contributed by atoms with Crippen molar-refractivity contribution in [1.82, 2.24) is 15.2 Å². The zero-order chi connectivity index (χ0) is 17.8. The number of hydrogen-bond donors (Lipinski definition) is 2. The fourth-order valence-electron chi connectivity index (χ4n) is 2.48. The van der Waals surface area contributed by atoms with Gasteiger partial charge in [-0.25, -0.2) is 9.78 Å². The van der Waals surface area contributed by atoms with Crippen LogP contribution in [0.25, 0.3) is 0 Å². The third kappa shape index (κ3) is 3.95. The number of aromatic nitrogens is 1. The first-order chi connectivity index (χ1) is 12.0. The molecule has 1 saturated heterocycles. The number of amides is 4. The van der Waals surface area contributed by atoms with Gasteiger partial charge in [0.15, 0.2) is 0 Å². The standard InChI is InChI=1S/C17H15ClN4O3/c18-12-6-2-1-5-11(12)10-22-16(24)13(20-17(22)25)9-15(23)21-14-7-3-4-8-19-14/h1-8,13H,9-10H2,(H,20,25)(H,19,21,23). The number of nitrogens with one attached hydrogen (secondary N) is 2. The maximum Gasteiger partial charge on any atom is 0.325 e. The summed E-state index contributed by atoms with van der Waals surface area (Å²) in [6.07, 6.45) is 1.38. The Kier molecular flexibility index (Phi) is 4.95.